The molecule has 1 fully saturated rings. The molecule has 0 radical (unpaired) electrons. The highest BCUT2D eigenvalue weighted by molar-refractivity contribution is 6.03. The maximum Gasteiger partial charge on any atom is 0.235 e. The van der Waals surface area contributed by atoms with E-state index in [2.05, 4.69) is 0 Å². The second-order valence-electron chi connectivity index (χ2n) is 6.36. The van der Waals surface area contributed by atoms with Gasteiger partial charge in [-0.2, -0.15) is 0 Å². The van der Waals surface area contributed by atoms with Crippen LogP contribution in [0.15, 0.2) is 18.2 Å². The molecule has 4 heteroatoms. The average molecular weight is 273 g/mol. The van der Waals surface area contributed by atoms with Crippen molar-refractivity contribution in [2.75, 3.05) is 18.6 Å². The van der Waals surface area contributed by atoms with Crippen molar-refractivity contribution in [3.8, 4) is 5.75 Å². The number of nitrogens with zero attached hydrogens (tertiary/aromatic N) is 1. The molecule has 0 spiro atoms. The van der Waals surface area contributed by atoms with Gasteiger partial charge in [-0.1, -0.05) is 0 Å². The Morgan fingerprint density at radius 2 is 2.05 bits per heavy atom. The summed E-state index contributed by atoms with van der Waals surface area (Å²) in [5, 5.41) is 0. The first-order valence-electron chi connectivity index (χ1n) is 6.99. The molecule has 20 heavy (non-hydrogen) atoms. The third-order valence-corrected chi connectivity index (χ3v) is 4.03. The molecule has 0 unspecified atom stereocenters. The molecular formula is C16H19NO3. The maximum atomic E-state index is 12.4. The number of ketones is 1. The molecule has 1 aromatic carbocycles. The number of ether oxygens (including phenoxy) is 1. The molecule has 0 bridgehead atoms. The van der Waals surface area contributed by atoms with Gasteiger partial charge in [-0.25, -0.2) is 0 Å². The van der Waals surface area contributed by atoms with E-state index in [1.54, 1.807) is 30.1 Å². The largest absolute Gasteiger partial charge is 0.490 e. The van der Waals surface area contributed by atoms with E-state index in [1.165, 1.54) is 0 Å². The zero-order valence-corrected chi connectivity index (χ0v) is 12.1. The summed E-state index contributed by atoms with van der Waals surface area (Å²) in [7, 11) is 1.74. The smallest absolute Gasteiger partial charge is 0.235 e. The van der Waals surface area contributed by atoms with Crippen LogP contribution in [-0.2, 0) is 4.79 Å². The molecule has 0 saturated heterocycles. The number of rotatable bonds is 2. The lowest BCUT2D eigenvalue weighted by Crippen LogP contribution is -2.39. The fraction of sp³-hybridized carbons (Fsp3) is 0.500. The highest BCUT2D eigenvalue weighted by atomic mass is 16.5. The molecule has 106 valence electrons. The average Bonchev–Trinajstić information content (AvgIpc) is 3.26. The minimum Gasteiger partial charge on any atom is -0.490 e. The number of carbonyl (C=O) groups excluding carboxylic acids is 2. The Hall–Kier alpha value is -1.84. The van der Waals surface area contributed by atoms with Crippen LogP contribution in [0, 0.1) is 11.3 Å². The fourth-order valence-electron chi connectivity index (χ4n) is 2.52. The van der Waals surface area contributed by atoms with Crippen LogP contribution in [0.2, 0.25) is 0 Å². The van der Waals surface area contributed by atoms with Crippen molar-refractivity contribution in [1.29, 1.82) is 0 Å². The van der Waals surface area contributed by atoms with Gasteiger partial charge in [0.2, 0.25) is 5.91 Å². The maximum absolute atomic E-state index is 12.4. The van der Waals surface area contributed by atoms with Gasteiger partial charge in [0.05, 0.1) is 11.1 Å². The predicted octanol–water partition coefficient (Wildman–Crippen LogP) is 2.66. The van der Waals surface area contributed by atoms with Gasteiger partial charge in [0.25, 0.3) is 0 Å². The zero-order valence-electron chi connectivity index (χ0n) is 12.1. The second kappa shape index (κ2) is 4.33. The highest BCUT2D eigenvalue weighted by Crippen LogP contribution is 2.38. The Kier molecular flexibility index (Phi) is 2.85. The SMILES string of the molecule is CN1C(=O)C(C)(C)COc2ccc(C(=O)C3CC3)cc21. The van der Waals surface area contributed by atoms with Crippen LogP contribution in [0.1, 0.15) is 37.0 Å². The number of Topliss-reactive ketones (excluding diaryl/α,β-unsaturated/α-hetero) is 1. The Balaban J connectivity index is 2.00. The molecule has 0 aromatic heterocycles. The van der Waals surface area contributed by atoms with Crippen molar-refractivity contribution in [2.24, 2.45) is 11.3 Å². The molecular weight excluding hydrogens is 254 g/mol. The summed E-state index contributed by atoms with van der Waals surface area (Å²) < 4.78 is 5.74. The number of carbonyl (C=O) groups is 2. The van der Waals surface area contributed by atoms with Crippen LogP contribution in [0.5, 0.6) is 5.75 Å². The molecule has 1 aromatic rings. The lowest BCUT2D eigenvalue weighted by Gasteiger charge is -2.24. The van der Waals surface area contributed by atoms with E-state index in [0.717, 1.165) is 12.8 Å². The molecule has 1 aliphatic carbocycles. The molecule has 1 heterocycles. The Labute approximate surface area is 118 Å². The van der Waals surface area contributed by atoms with Crippen molar-refractivity contribution in [3.63, 3.8) is 0 Å². The molecule has 3 rings (SSSR count). The van der Waals surface area contributed by atoms with E-state index in [1.807, 2.05) is 13.8 Å². The van der Waals surface area contributed by atoms with Crippen LogP contribution < -0.4 is 9.64 Å². The van der Waals surface area contributed by atoms with Gasteiger partial charge in [-0.3, -0.25) is 9.59 Å². The Morgan fingerprint density at radius 1 is 1.35 bits per heavy atom. The van der Waals surface area contributed by atoms with Gasteiger partial charge in [-0.05, 0) is 44.9 Å². The van der Waals surface area contributed by atoms with Crippen molar-refractivity contribution in [2.45, 2.75) is 26.7 Å². The lowest BCUT2D eigenvalue weighted by molar-refractivity contribution is -0.127. The Bertz CT molecular complexity index is 587. The normalized spacial score (nSPS) is 20.9. The molecule has 2 aliphatic rings. The van der Waals surface area contributed by atoms with Gasteiger partial charge in [0.1, 0.15) is 12.4 Å². The molecule has 0 N–H and O–H groups in total. The standard InChI is InChI=1S/C16H19NO3/c1-16(2)9-20-13-7-6-11(14(18)10-4-5-10)8-12(13)17(3)15(16)19/h6-8,10H,4-5,9H2,1-3H3. The van der Waals surface area contributed by atoms with Crippen LogP contribution in [0.3, 0.4) is 0 Å². The van der Waals surface area contributed by atoms with Gasteiger partial charge in [-0.15, -0.1) is 0 Å². The molecule has 1 aliphatic heterocycles. The summed E-state index contributed by atoms with van der Waals surface area (Å²) >= 11 is 0. The molecule has 1 amide bonds. The van der Waals surface area contributed by atoms with Crippen LogP contribution >= 0.6 is 0 Å². The first-order valence-corrected chi connectivity index (χ1v) is 6.99. The quantitative estimate of drug-likeness (QED) is 0.778. The number of amides is 1. The first kappa shape index (κ1) is 13.2. The minimum atomic E-state index is -0.561. The van der Waals surface area contributed by atoms with Crippen molar-refractivity contribution >= 4 is 17.4 Å². The summed E-state index contributed by atoms with van der Waals surface area (Å²) in [4.78, 5) is 26.2. The first-order chi connectivity index (χ1) is 9.40. The number of hydrogen-bond donors (Lipinski definition) is 0. The predicted molar refractivity (Wildman–Crippen MR) is 76.2 cm³/mol. The van der Waals surface area contributed by atoms with E-state index in [4.69, 9.17) is 4.74 Å². The van der Waals surface area contributed by atoms with Crippen LogP contribution in [0.25, 0.3) is 0 Å². The third-order valence-electron chi connectivity index (χ3n) is 4.03. The molecule has 4 nitrogen and oxygen atoms in total. The molecule has 1 saturated carbocycles. The number of anilines is 1. The topological polar surface area (TPSA) is 46.6 Å². The van der Waals surface area contributed by atoms with E-state index < -0.39 is 5.41 Å². The van der Waals surface area contributed by atoms with Gasteiger partial charge in [0, 0.05) is 18.5 Å². The van der Waals surface area contributed by atoms with E-state index in [-0.39, 0.29) is 17.6 Å². The van der Waals surface area contributed by atoms with Crippen molar-refractivity contribution < 1.29 is 14.3 Å². The monoisotopic (exact) mass is 273 g/mol. The van der Waals surface area contributed by atoms with Crippen LogP contribution in [0.4, 0.5) is 5.69 Å². The molecule has 0 atom stereocenters. The van der Waals surface area contributed by atoms with E-state index >= 15 is 0 Å². The van der Waals surface area contributed by atoms with Gasteiger partial charge in [0.15, 0.2) is 5.78 Å². The second-order valence-corrected chi connectivity index (χ2v) is 6.36. The fourth-order valence-corrected chi connectivity index (χ4v) is 2.52. The van der Waals surface area contributed by atoms with E-state index in [9.17, 15) is 9.59 Å². The zero-order chi connectivity index (χ0) is 14.5. The summed E-state index contributed by atoms with van der Waals surface area (Å²) in [5.41, 5.74) is 0.801. The van der Waals surface area contributed by atoms with Crippen molar-refractivity contribution in [1.82, 2.24) is 0 Å². The Morgan fingerprint density at radius 3 is 2.70 bits per heavy atom. The summed E-state index contributed by atoms with van der Waals surface area (Å²) in [5.74, 6) is 1.03. The lowest BCUT2D eigenvalue weighted by atomic mass is 9.93. The summed E-state index contributed by atoms with van der Waals surface area (Å²) in [6.45, 7) is 4.08. The third kappa shape index (κ3) is 2.09. The van der Waals surface area contributed by atoms with Crippen molar-refractivity contribution in [3.05, 3.63) is 23.8 Å². The van der Waals surface area contributed by atoms with Gasteiger partial charge < -0.3 is 9.64 Å². The van der Waals surface area contributed by atoms with Gasteiger partial charge >= 0.3 is 0 Å². The number of benzene rings is 1. The van der Waals surface area contributed by atoms with Crippen LogP contribution in [-0.4, -0.2) is 25.3 Å². The highest BCUT2D eigenvalue weighted by Gasteiger charge is 2.37. The number of fused-ring (bicyclic) bond motifs is 1. The minimum absolute atomic E-state index is 0.00673. The summed E-state index contributed by atoms with van der Waals surface area (Å²) in [6, 6.07) is 5.39. The summed E-state index contributed by atoms with van der Waals surface area (Å²) in [6.07, 6.45) is 1.96. The van der Waals surface area contributed by atoms with E-state index in [0.29, 0.717) is 23.6 Å². The number of hydrogen-bond acceptors (Lipinski definition) is 3.